The van der Waals surface area contributed by atoms with Crippen molar-refractivity contribution in [3.63, 3.8) is 0 Å². The number of hydrogen-bond donors (Lipinski definition) is 1. The number of fused-ring (bicyclic) bond motifs is 3. The number of nitrogens with zero attached hydrogens (tertiary/aromatic N) is 6. The van der Waals surface area contributed by atoms with E-state index in [1.165, 1.54) is 0 Å². The van der Waals surface area contributed by atoms with Gasteiger partial charge >= 0.3 is 0 Å². The van der Waals surface area contributed by atoms with Crippen molar-refractivity contribution in [3.05, 3.63) is 36.7 Å². The Kier molecular flexibility index (Phi) is 3.03. The van der Waals surface area contributed by atoms with Crippen molar-refractivity contribution < 1.29 is 0 Å². The van der Waals surface area contributed by atoms with Crippen LogP contribution in [0.4, 0.5) is 0 Å². The van der Waals surface area contributed by atoms with Crippen LogP contribution in [0.2, 0.25) is 0 Å². The third-order valence-electron chi connectivity index (χ3n) is 3.60. The maximum atomic E-state index is 4.65. The van der Waals surface area contributed by atoms with Gasteiger partial charge in [0, 0.05) is 24.4 Å². The number of pyridine rings is 1. The van der Waals surface area contributed by atoms with E-state index in [0.717, 1.165) is 41.8 Å². The molecule has 0 saturated carbocycles. The minimum Gasteiger partial charge on any atom is -0.340 e. The van der Waals surface area contributed by atoms with Gasteiger partial charge in [0.1, 0.15) is 11.3 Å². The van der Waals surface area contributed by atoms with E-state index in [1.807, 2.05) is 16.6 Å². The molecule has 0 bridgehead atoms. The molecule has 0 fully saturated rings. The standard InChI is InChI=1S/C15H15N7/c1-2-3-6-11-19-14-12(17-9-18-14)15-20-13(21-22(11)15)10-5-4-7-16-8-10/h4-5,7-9H,2-3,6H2,1H3,(H,17,18). The number of aromatic nitrogens is 7. The van der Waals surface area contributed by atoms with Crippen LogP contribution >= 0.6 is 0 Å². The van der Waals surface area contributed by atoms with Gasteiger partial charge in [-0.25, -0.2) is 15.0 Å². The second kappa shape index (κ2) is 5.18. The predicted octanol–water partition coefficient (Wildman–Crippen LogP) is 2.41. The number of aromatic amines is 1. The summed E-state index contributed by atoms with van der Waals surface area (Å²) in [7, 11) is 0. The largest absolute Gasteiger partial charge is 0.340 e. The molecule has 0 aliphatic heterocycles. The Labute approximate surface area is 126 Å². The van der Waals surface area contributed by atoms with Crippen LogP contribution in [0.1, 0.15) is 25.6 Å². The van der Waals surface area contributed by atoms with Gasteiger partial charge in [-0.15, -0.1) is 5.10 Å². The van der Waals surface area contributed by atoms with E-state index in [2.05, 4.69) is 36.9 Å². The Morgan fingerprint density at radius 1 is 1.27 bits per heavy atom. The van der Waals surface area contributed by atoms with Gasteiger partial charge in [-0.1, -0.05) is 13.3 Å². The number of rotatable bonds is 4. The van der Waals surface area contributed by atoms with E-state index in [-0.39, 0.29) is 0 Å². The number of H-pyrrole nitrogens is 1. The maximum absolute atomic E-state index is 4.65. The third-order valence-corrected chi connectivity index (χ3v) is 3.60. The zero-order valence-corrected chi connectivity index (χ0v) is 12.2. The van der Waals surface area contributed by atoms with E-state index in [4.69, 9.17) is 0 Å². The summed E-state index contributed by atoms with van der Waals surface area (Å²) in [6.45, 7) is 2.16. The van der Waals surface area contributed by atoms with Crippen LogP contribution in [0, 0.1) is 0 Å². The van der Waals surface area contributed by atoms with Crippen LogP contribution in [0.15, 0.2) is 30.9 Å². The first-order chi connectivity index (χ1) is 10.9. The topological polar surface area (TPSA) is 84.6 Å². The average molecular weight is 293 g/mol. The van der Waals surface area contributed by atoms with Crippen molar-refractivity contribution in [2.24, 2.45) is 0 Å². The first kappa shape index (κ1) is 12.9. The van der Waals surface area contributed by atoms with Gasteiger partial charge in [0.15, 0.2) is 17.1 Å². The second-order valence-corrected chi connectivity index (χ2v) is 5.15. The van der Waals surface area contributed by atoms with E-state index in [1.54, 1.807) is 18.7 Å². The van der Waals surface area contributed by atoms with E-state index in [9.17, 15) is 0 Å². The van der Waals surface area contributed by atoms with Crippen LogP contribution in [0.3, 0.4) is 0 Å². The Hall–Kier alpha value is -2.83. The lowest BCUT2D eigenvalue weighted by atomic mass is 10.2. The zero-order valence-electron chi connectivity index (χ0n) is 12.2. The molecule has 0 aliphatic rings. The normalized spacial score (nSPS) is 11.5. The number of aryl methyl sites for hydroxylation is 1. The Morgan fingerprint density at radius 3 is 3.05 bits per heavy atom. The highest BCUT2D eigenvalue weighted by molar-refractivity contribution is 5.85. The molecule has 0 radical (unpaired) electrons. The number of imidazole rings is 1. The molecule has 1 N–H and O–H groups in total. The molecule has 4 aromatic rings. The van der Waals surface area contributed by atoms with Gasteiger partial charge in [-0.3, -0.25) is 4.98 Å². The van der Waals surface area contributed by atoms with Crippen LogP contribution in [0.25, 0.3) is 28.2 Å². The van der Waals surface area contributed by atoms with Crippen LogP contribution in [-0.4, -0.2) is 34.5 Å². The monoisotopic (exact) mass is 293 g/mol. The van der Waals surface area contributed by atoms with Crippen molar-refractivity contribution in [2.75, 3.05) is 0 Å². The fourth-order valence-electron chi connectivity index (χ4n) is 2.47. The predicted molar refractivity (Wildman–Crippen MR) is 82.3 cm³/mol. The van der Waals surface area contributed by atoms with Gasteiger partial charge in [-0.2, -0.15) is 4.52 Å². The Balaban J connectivity index is 1.96. The van der Waals surface area contributed by atoms with Crippen LogP contribution in [0.5, 0.6) is 0 Å². The van der Waals surface area contributed by atoms with Gasteiger partial charge in [0.25, 0.3) is 0 Å². The lowest BCUT2D eigenvalue weighted by Crippen LogP contribution is -2.03. The van der Waals surface area contributed by atoms with E-state index in [0.29, 0.717) is 11.5 Å². The molecule has 7 nitrogen and oxygen atoms in total. The molecule has 0 amide bonds. The molecule has 0 atom stereocenters. The van der Waals surface area contributed by atoms with Crippen molar-refractivity contribution >= 4 is 16.8 Å². The summed E-state index contributed by atoms with van der Waals surface area (Å²) < 4.78 is 1.82. The molecule has 110 valence electrons. The van der Waals surface area contributed by atoms with Gasteiger partial charge in [0.05, 0.1) is 6.33 Å². The summed E-state index contributed by atoms with van der Waals surface area (Å²) in [5.41, 5.74) is 3.14. The molecule has 7 heteroatoms. The SMILES string of the molecule is CCCCc1nc2nc[nH]c2c2nc(-c3cccnc3)nn12. The number of unbranched alkanes of at least 4 members (excludes halogenated alkanes) is 1. The summed E-state index contributed by atoms with van der Waals surface area (Å²) in [5, 5.41) is 4.62. The van der Waals surface area contributed by atoms with Gasteiger partial charge in [-0.05, 0) is 18.6 Å². The van der Waals surface area contributed by atoms with Gasteiger partial charge in [0.2, 0.25) is 0 Å². The molecule has 0 saturated heterocycles. The minimum atomic E-state index is 0.648. The lowest BCUT2D eigenvalue weighted by molar-refractivity contribution is 0.719. The number of nitrogens with one attached hydrogen (secondary N) is 1. The molecule has 4 heterocycles. The summed E-state index contributed by atoms with van der Waals surface area (Å²) >= 11 is 0. The summed E-state index contributed by atoms with van der Waals surface area (Å²) in [5.74, 6) is 1.54. The molecule has 4 aromatic heterocycles. The highest BCUT2D eigenvalue weighted by Crippen LogP contribution is 2.20. The van der Waals surface area contributed by atoms with Crippen molar-refractivity contribution in [3.8, 4) is 11.4 Å². The maximum Gasteiger partial charge on any atom is 0.185 e. The summed E-state index contributed by atoms with van der Waals surface area (Å²) in [4.78, 5) is 20.8. The van der Waals surface area contributed by atoms with E-state index >= 15 is 0 Å². The minimum absolute atomic E-state index is 0.648. The molecule has 0 aromatic carbocycles. The first-order valence-corrected chi connectivity index (χ1v) is 7.36. The summed E-state index contributed by atoms with van der Waals surface area (Å²) in [6, 6.07) is 3.83. The van der Waals surface area contributed by atoms with Crippen molar-refractivity contribution in [2.45, 2.75) is 26.2 Å². The van der Waals surface area contributed by atoms with Crippen LogP contribution < -0.4 is 0 Å². The second-order valence-electron chi connectivity index (χ2n) is 5.15. The first-order valence-electron chi connectivity index (χ1n) is 7.36. The fraction of sp³-hybridized carbons (Fsp3) is 0.267. The molecular formula is C15H15N7. The summed E-state index contributed by atoms with van der Waals surface area (Å²) in [6.07, 6.45) is 8.15. The fourth-order valence-corrected chi connectivity index (χ4v) is 2.47. The molecular weight excluding hydrogens is 278 g/mol. The highest BCUT2D eigenvalue weighted by atomic mass is 15.3. The molecule has 0 spiro atoms. The third kappa shape index (κ3) is 2.02. The highest BCUT2D eigenvalue weighted by Gasteiger charge is 2.15. The lowest BCUT2D eigenvalue weighted by Gasteiger charge is -2.02. The molecule has 22 heavy (non-hydrogen) atoms. The van der Waals surface area contributed by atoms with Crippen LogP contribution in [-0.2, 0) is 6.42 Å². The molecule has 0 unspecified atom stereocenters. The van der Waals surface area contributed by atoms with Gasteiger partial charge < -0.3 is 4.98 Å². The number of hydrogen-bond acceptors (Lipinski definition) is 5. The molecule has 4 rings (SSSR count). The quantitative estimate of drug-likeness (QED) is 0.624. The molecule has 0 aliphatic carbocycles. The average Bonchev–Trinajstić information content (AvgIpc) is 3.19. The van der Waals surface area contributed by atoms with Crippen molar-refractivity contribution in [1.82, 2.24) is 34.5 Å². The van der Waals surface area contributed by atoms with E-state index < -0.39 is 0 Å². The van der Waals surface area contributed by atoms with Crippen molar-refractivity contribution in [1.29, 1.82) is 0 Å². The Bertz CT molecular complexity index is 923. The Morgan fingerprint density at radius 2 is 2.23 bits per heavy atom. The zero-order chi connectivity index (χ0) is 14.9. The smallest absolute Gasteiger partial charge is 0.185 e.